The summed E-state index contributed by atoms with van der Waals surface area (Å²) in [7, 11) is 0. The number of nitrogens with one attached hydrogen (secondary N) is 1. The van der Waals surface area contributed by atoms with Gasteiger partial charge in [-0.3, -0.25) is 4.79 Å². The van der Waals surface area contributed by atoms with Crippen LogP contribution in [0.5, 0.6) is 5.75 Å². The summed E-state index contributed by atoms with van der Waals surface area (Å²) in [5.41, 5.74) is 10.4. The number of rotatable bonds is 6. The number of hydrogen-bond acceptors (Lipinski definition) is 5. The van der Waals surface area contributed by atoms with Crippen LogP contribution in [-0.4, -0.2) is 33.6 Å². The molecule has 0 bridgehead atoms. The first-order chi connectivity index (χ1) is 12.5. The molecule has 6 heteroatoms. The molecular weight excluding hydrogens is 328 g/mol. The van der Waals surface area contributed by atoms with E-state index in [1.807, 2.05) is 6.92 Å². The Kier molecular flexibility index (Phi) is 5.83. The van der Waals surface area contributed by atoms with Crippen LogP contribution >= 0.6 is 0 Å². The third kappa shape index (κ3) is 4.58. The summed E-state index contributed by atoms with van der Waals surface area (Å²) in [5, 5.41) is 12.2. The van der Waals surface area contributed by atoms with Gasteiger partial charge in [0.15, 0.2) is 0 Å². The van der Waals surface area contributed by atoms with E-state index in [9.17, 15) is 9.90 Å². The second-order valence-corrected chi connectivity index (χ2v) is 6.88. The fourth-order valence-electron chi connectivity index (χ4n) is 3.36. The van der Waals surface area contributed by atoms with Crippen LogP contribution in [0.25, 0.3) is 0 Å². The van der Waals surface area contributed by atoms with E-state index in [0.717, 1.165) is 29.9 Å². The highest BCUT2D eigenvalue weighted by molar-refractivity contribution is 5.81. The van der Waals surface area contributed by atoms with E-state index in [-0.39, 0.29) is 11.7 Å². The standard InChI is InChI=1S/C20H26N4O2/c1-13-16-4-2-3-5-18(16)24-19(23-13)10-11-22-20(26)17(21)12-14-6-8-15(25)9-7-14/h6-9,17,25H,2-5,10-12,21H2,1H3,(H,22,26)/t17-/m0/s1. The van der Waals surface area contributed by atoms with E-state index in [1.165, 1.54) is 24.1 Å². The van der Waals surface area contributed by atoms with Crippen molar-refractivity contribution in [3.05, 3.63) is 52.6 Å². The second-order valence-electron chi connectivity index (χ2n) is 6.88. The quantitative estimate of drug-likeness (QED) is 0.731. The van der Waals surface area contributed by atoms with Crippen molar-refractivity contribution in [1.82, 2.24) is 15.3 Å². The average molecular weight is 354 g/mol. The van der Waals surface area contributed by atoms with Gasteiger partial charge in [-0.25, -0.2) is 9.97 Å². The molecular formula is C20H26N4O2. The van der Waals surface area contributed by atoms with Crippen molar-refractivity contribution in [3.63, 3.8) is 0 Å². The lowest BCUT2D eigenvalue weighted by Crippen LogP contribution is -2.42. The van der Waals surface area contributed by atoms with E-state index in [4.69, 9.17) is 5.73 Å². The van der Waals surface area contributed by atoms with Crippen LogP contribution in [-0.2, 0) is 30.5 Å². The number of aryl methyl sites for hydroxylation is 2. The normalized spacial score (nSPS) is 14.5. The van der Waals surface area contributed by atoms with Crippen LogP contribution < -0.4 is 11.1 Å². The first kappa shape index (κ1) is 18.3. The maximum Gasteiger partial charge on any atom is 0.237 e. The van der Waals surface area contributed by atoms with Gasteiger partial charge in [-0.15, -0.1) is 0 Å². The third-order valence-corrected chi connectivity index (χ3v) is 4.81. The molecule has 0 radical (unpaired) electrons. The lowest BCUT2D eigenvalue weighted by molar-refractivity contribution is -0.122. The summed E-state index contributed by atoms with van der Waals surface area (Å²) in [6, 6.07) is 6.11. The van der Waals surface area contributed by atoms with Crippen LogP contribution in [0.1, 0.15) is 41.2 Å². The summed E-state index contributed by atoms with van der Waals surface area (Å²) in [6.07, 6.45) is 5.53. The molecule has 2 aromatic rings. The van der Waals surface area contributed by atoms with Gasteiger partial charge < -0.3 is 16.2 Å². The number of phenols is 1. The summed E-state index contributed by atoms with van der Waals surface area (Å²) < 4.78 is 0. The predicted molar refractivity (Wildman–Crippen MR) is 99.9 cm³/mol. The first-order valence-corrected chi connectivity index (χ1v) is 9.19. The molecule has 1 aliphatic rings. The van der Waals surface area contributed by atoms with E-state index in [2.05, 4.69) is 15.3 Å². The Morgan fingerprint density at radius 3 is 2.73 bits per heavy atom. The van der Waals surface area contributed by atoms with Crippen LogP contribution in [0.3, 0.4) is 0 Å². The Labute approximate surface area is 153 Å². The van der Waals surface area contributed by atoms with Crippen LogP contribution in [0.4, 0.5) is 0 Å². The third-order valence-electron chi connectivity index (χ3n) is 4.81. The molecule has 0 saturated heterocycles. The van der Waals surface area contributed by atoms with E-state index >= 15 is 0 Å². The Hall–Kier alpha value is -2.47. The molecule has 1 atom stereocenters. The number of nitrogens with zero attached hydrogens (tertiary/aromatic N) is 2. The van der Waals surface area contributed by atoms with Gasteiger partial charge in [0.2, 0.25) is 5.91 Å². The fourth-order valence-corrected chi connectivity index (χ4v) is 3.36. The predicted octanol–water partition coefficient (Wildman–Crippen LogP) is 1.60. The van der Waals surface area contributed by atoms with Gasteiger partial charge in [-0.1, -0.05) is 12.1 Å². The minimum Gasteiger partial charge on any atom is -0.508 e. The fraction of sp³-hybridized carbons (Fsp3) is 0.450. The number of aromatic hydroxyl groups is 1. The number of fused-ring (bicyclic) bond motifs is 1. The molecule has 4 N–H and O–H groups in total. The average Bonchev–Trinajstić information content (AvgIpc) is 2.63. The molecule has 1 aromatic heterocycles. The number of amides is 1. The van der Waals surface area contributed by atoms with Crippen molar-refractivity contribution >= 4 is 5.91 Å². The zero-order chi connectivity index (χ0) is 18.5. The minimum absolute atomic E-state index is 0.187. The number of hydrogen-bond donors (Lipinski definition) is 3. The van der Waals surface area contributed by atoms with Gasteiger partial charge in [0.25, 0.3) is 0 Å². The molecule has 0 fully saturated rings. The van der Waals surface area contributed by atoms with Crippen molar-refractivity contribution in [2.24, 2.45) is 5.73 Å². The SMILES string of the molecule is Cc1nc(CCNC(=O)[C@@H](N)Cc2ccc(O)cc2)nc2c1CCCC2. The minimum atomic E-state index is -0.620. The Morgan fingerprint density at radius 2 is 1.96 bits per heavy atom. The number of carbonyl (C=O) groups excluding carboxylic acids is 1. The Morgan fingerprint density at radius 1 is 1.23 bits per heavy atom. The molecule has 1 aliphatic carbocycles. The van der Waals surface area contributed by atoms with Crippen molar-refractivity contribution < 1.29 is 9.90 Å². The number of benzene rings is 1. The monoisotopic (exact) mass is 354 g/mol. The lowest BCUT2D eigenvalue weighted by atomic mass is 9.95. The number of nitrogens with two attached hydrogens (primary N) is 1. The van der Waals surface area contributed by atoms with Gasteiger partial charge in [-0.05, 0) is 62.3 Å². The number of carbonyl (C=O) groups is 1. The molecule has 1 aromatic carbocycles. The molecule has 0 unspecified atom stereocenters. The van der Waals surface area contributed by atoms with Crippen molar-refractivity contribution in [2.45, 2.75) is 51.5 Å². The van der Waals surface area contributed by atoms with Crippen molar-refractivity contribution in [3.8, 4) is 5.75 Å². The smallest absolute Gasteiger partial charge is 0.237 e. The summed E-state index contributed by atoms with van der Waals surface area (Å²) in [6.45, 7) is 2.52. The summed E-state index contributed by atoms with van der Waals surface area (Å²) in [5.74, 6) is 0.801. The van der Waals surface area contributed by atoms with Crippen molar-refractivity contribution in [1.29, 1.82) is 0 Å². The molecule has 0 aliphatic heterocycles. The molecule has 0 spiro atoms. The maximum absolute atomic E-state index is 12.2. The highest BCUT2D eigenvalue weighted by Crippen LogP contribution is 2.21. The number of aromatic nitrogens is 2. The highest BCUT2D eigenvalue weighted by atomic mass is 16.3. The van der Waals surface area contributed by atoms with Crippen molar-refractivity contribution in [2.75, 3.05) is 6.54 Å². The zero-order valence-corrected chi connectivity index (χ0v) is 15.2. The van der Waals surface area contributed by atoms with Gasteiger partial charge in [0, 0.05) is 24.4 Å². The highest BCUT2D eigenvalue weighted by Gasteiger charge is 2.16. The molecule has 1 heterocycles. The molecule has 6 nitrogen and oxygen atoms in total. The van der Waals surface area contributed by atoms with Crippen LogP contribution in [0, 0.1) is 6.92 Å². The molecule has 26 heavy (non-hydrogen) atoms. The van der Waals surface area contributed by atoms with Gasteiger partial charge in [0.05, 0.1) is 6.04 Å². The molecule has 0 saturated carbocycles. The molecule has 3 rings (SSSR count). The van der Waals surface area contributed by atoms with Crippen LogP contribution in [0.15, 0.2) is 24.3 Å². The lowest BCUT2D eigenvalue weighted by Gasteiger charge is -2.17. The second kappa shape index (κ2) is 8.27. The largest absolute Gasteiger partial charge is 0.508 e. The Bertz CT molecular complexity index is 774. The topological polar surface area (TPSA) is 101 Å². The Balaban J connectivity index is 1.50. The van der Waals surface area contributed by atoms with E-state index < -0.39 is 6.04 Å². The molecule has 1 amide bonds. The van der Waals surface area contributed by atoms with Gasteiger partial charge in [0.1, 0.15) is 11.6 Å². The van der Waals surface area contributed by atoms with E-state index in [1.54, 1.807) is 24.3 Å². The summed E-state index contributed by atoms with van der Waals surface area (Å²) >= 11 is 0. The first-order valence-electron chi connectivity index (χ1n) is 9.19. The maximum atomic E-state index is 12.2. The van der Waals surface area contributed by atoms with Gasteiger partial charge in [-0.2, -0.15) is 0 Å². The molecule has 138 valence electrons. The van der Waals surface area contributed by atoms with Gasteiger partial charge >= 0.3 is 0 Å². The zero-order valence-electron chi connectivity index (χ0n) is 15.2. The number of phenolic OH excluding ortho intramolecular Hbond substituents is 1. The van der Waals surface area contributed by atoms with Crippen LogP contribution in [0.2, 0.25) is 0 Å². The summed E-state index contributed by atoms with van der Waals surface area (Å²) in [4.78, 5) is 21.4. The van der Waals surface area contributed by atoms with E-state index in [0.29, 0.717) is 19.4 Å².